The molecule has 0 spiro atoms. The summed E-state index contributed by atoms with van der Waals surface area (Å²) >= 11 is 0. The molecule has 0 fully saturated rings. The Labute approximate surface area is 218 Å². The molecule has 2 aromatic heterocycles. The number of halogens is 2. The molecular formula is C28H28F2N4O4. The topological polar surface area (TPSA) is 87.4 Å². The van der Waals surface area contributed by atoms with E-state index in [0.717, 1.165) is 11.1 Å². The summed E-state index contributed by atoms with van der Waals surface area (Å²) in [6, 6.07) is 17.0. The third-order valence-corrected chi connectivity index (χ3v) is 6.01. The molecule has 0 aliphatic heterocycles. The first-order valence-corrected chi connectivity index (χ1v) is 11.9. The van der Waals surface area contributed by atoms with Crippen LogP contribution in [0.15, 0.2) is 77.9 Å². The molecule has 0 aliphatic rings. The van der Waals surface area contributed by atoms with Gasteiger partial charge in [-0.2, -0.15) is 5.10 Å². The molecule has 2 heterocycles. The molecule has 1 N–H and O–H groups in total. The Balaban J connectivity index is 1.46. The number of benzene rings is 2. The van der Waals surface area contributed by atoms with E-state index in [1.54, 1.807) is 27.7 Å². The van der Waals surface area contributed by atoms with Gasteiger partial charge in [0.2, 0.25) is 0 Å². The van der Waals surface area contributed by atoms with Crippen molar-refractivity contribution < 1.29 is 23.0 Å². The van der Waals surface area contributed by atoms with Gasteiger partial charge in [0.25, 0.3) is 17.9 Å². The van der Waals surface area contributed by atoms with Crippen LogP contribution in [0.1, 0.15) is 44.7 Å². The van der Waals surface area contributed by atoms with Crippen molar-refractivity contribution in [1.29, 1.82) is 0 Å². The third kappa shape index (κ3) is 6.51. The average Bonchev–Trinajstić information content (AvgIpc) is 3.31. The molecule has 0 bridgehead atoms. The first kappa shape index (κ1) is 26.7. The summed E-state index contributed by atoms with van der Waals surface area (Å²) < 4.78 is 40.5. The van der Waals surface area contributed by atoms with Crippen molar-refractivity contribution >= 4 is 5.91 Å². The van der Waals surface area contributed by atoms with Crippen LogP contribution in [-0.2, 0) is 31.0 Å². The second kappa shape index (κ2) is 12.3. The maximum atomic E-state index is 13.4. The molecule has 0 atom stereocenters. The Bertz CT molecular complexity index is 1450. The summed E-state index contributed by atoms with van der Waals surface area (Å²) in [5.74, 6) is -0.0247. The van der Waals surface area contributed by atoms with Crippen LogP contribution in [0.3, 0.4) is 0 Å². The van der Waals surface area contributed by atoms with Crippen molar-refractivity contribution in [3.05, 3.63) is 117 Å². The van der Waals surface area contributed by atoms with Crippen molar-refractivity contribution in [3.8, 4) is 5.75 Å². The molecule has 10 heteroatoms. The van der Waals surface area contributed by atoms with Crippen LogP contribution < -0.4 is 15.6 Å². The number of hydrogen-bond acceptors (Lipinski definition) is 5. The first-order valence-electron chi connectivity index (χ1n) is 11.9. The summed E-state index contributed by atoms with van der Waals surface area (Å²) in [5.41, 5.74) is 2.69. The summed E-state index contributed by atoms with van der Waals surface area (Å²) in [6.07, 6.45) is 0.673. The number of methoxy groups -OCH3 is 2. The Morgan fingerprint density at radius 2 is 1.76 bits per heavy atom. The van der Waals surface area contributed by atoms with Crippen LogP contribution in [0.2, 0.25) is 0 Å². The van der Waals surface area contributed by atoms with E-state index in [0.29, 0.717) is 30.1 Å². The molecule has 4 rings (SSSR count). The number of alkyl halides is 2. The third-order valence-electron chi connectivity index (χ3n) is 6.01. The van der Waals surface area contributed by atoms with Crippen molar-refractivity contribution in [2.24, 2.45) is 0 Å². The lowest BCUT2D eigenvalue weighted by molar-refractivity contribution is 0.0944. The van der Waals surface area contributed by atoms with E-state index in [1.807, 2.05) is 30.3 Å². The number of hydrogen-bond donors (Lipinski definition) is 1. The van der Waals surface area contributed by atoms with Crippen LogP contribution in [0.4, 0.5) is 8.78 Å². The van der Waals surface area contributed by atoms with Gasteiger partial charge in [-0.05, 0) is 41.0 Å². The van der Waals surface area contributed by atoms with E-state index in [9.17, 15) is 18.4 Å². The fourth-order valence-electron chi connectivity index (χ4n) is 4.05. The number of amides is 1. The smallest absolute Gasteiger partial charge is 0.264 e. The Morgan fingerprint density at radius 1 is 1.03 bits per heavy atom. The Morgan fingerprint density at radius 3 is 2.42 bits per heavy atom. The van der Waals surface area contributed by atoms with Crippen LogP contribution in [0.5, 0.6) is 5.75 Å². The van der Waals surface area contributed by atoms with Gasteiger partial charge in [0, 0.05) is 37.7 Å². The number of carbonyl (C=O) groups is 1. The Kier molecular flexibility index (Phi) is 8.65. The number of nitrogens with zero attached hydrogens (tertiary/aromatic N) is 3. The minimum Gasteiger partial charge on any atom is -0.497 e. The summed E-state index contributed by atoms with van der Waals surface area (Å²) in [7, 11) is 2.95. The van der Waals surface area contributed by atoms with E-state index in [1.165, 1.54) is 38.5 Å². The molecular weight excluding hydrogens is 494 g/mol. The van der Waals surface area contributed by atoms with E-state index < -0.39 is 12.3 Å². The second-order valence-corrected chi connectivity index (χ2v) is 8.65. The van der Waals surface area contributed by atoms with Crippen LogP contribution in [0.25, 0.3) is 0 Å². The highest BCUT2D eigenvalue weighted by molar-refractivity contribution is 5.95. The molecule has 1 amide bonds. The van der Waals surface area contributed by atoms with E-state index in [2.05, 4.69) is 10.4 Å². The molecule has 2 aromatic carbocycles. The largest absolute Gasteiger partial charge is 0.497 e. The Hall–Kier alpha value is -4.31. The lowest BCUT2D eigenvalue weighted by atomic mass is 10.1. The fourth-order valence-corrected chi connectivity index (χ4v) is 4.05. The van der Waals surface area contributed by atoms with Gasteiger partial charge in [-0.3, -0.25) is 14.3 Å². The predicted molar refractivity (Wildman–Crippen MR) is 137 cm³/mol. The predicted octanol–water partition coefficient (Wildman–Crippen LogP) is 4.16. The molecule has 0 unspecified atom stereocenters. The minimum absolute atomic E-state index is 0.0681. The highest BCUT2D eigenvalue weighted by Crippen LogP contribution is 2.26. The maximum absolute atomic E-state index is 13.4. The second-order valence-electron chi connectivity index (χ2n) is 8.65. The van der Waals surface area contributed by atoms with Gasteiger partial charge >= 0.3 is 0 Å². The van der Waals surface area contributed by atoms with Crippen LogP contribution >= 0.6 is 0 Å². The quantitative estimate of drug-likeness (QED) is 0.320. The lowest BCUT2D eigenvalue weighted by Crippen LogP contribution is -2.24. The highest BCUT2D eigenvalue weighted by Gasteiger charge is 2.19. The number of carbonyl (C=O) groups excluding carboxylic acids is 1. The zero-order chi connectivity index (χ0) is 27.1. The summed E-state index contributed by atoms with van der Waals surface area (Å²) in [5, 5.41) is 7.20. The molecule has 38 heavy (non-hydrogen) atoms. The highest BCUT2D eigenvalue weighted by atomic mass is 19.3. The van der Waals surface area contributed by atoms with Crippen molar-refractivity contribution in [2.45, 2.75) is 32.7 Å². The van der Waals surface area contributed by atoms with Crippen molar-refractivity contribution in [3.63, 3.8) is 0 Å². The monoisotopic (exact) mass is 522 g/mol. The molecule has 8 nitrogen and oxygen atoms in total. The lowest BCUT2D eigenvalue weighted by Gasteiger charge is -2.12. The van der Waals surface area contributed by atoms with E-state index in [-0.39, 0.29) is 29.8 Å². The maximum Gasteiger partial charge on any atom is 0.264 e. The van der Waals surface area contributed by atoms with Gasteiger partial charge < -0.3 is 19.4 Å². The number of nitrogens with one attached hydrogen (secondary N) is 1. The van der Waals surface area contributed by atoms with E-state index in [4.69, 9.17) is 9.47 Å². The molecule has 0 radical (unpaired) electrons. The van der Waals surface area contributed by atoms with E-state index >= 15 is 0 Å². The van der Waals surface area contributed by atoms with Crippen LogP contribution in [-0.4, -0.2) is 34.5 Å². The summed E-state index contributed by atoms with van der Waals surface area (Å²) in [4.78, 5) is 24.9. The first-order chi connectivity index (χ1) is 18.4. The van der Waals surface area contributed by atoms with Crippen molar-refractivity contribution in [1.82, 2.24) is 19.7 Å². The standard InChI is InChI=1S/C28H28F2N4O4/c1-37-18-25-24(28(36)31-14-21-13-22(38-2)10-11-23(21)27(29)30)17-34(32-25)16-20-8-6-19(7-9-20)15-33-12-4-3-5-26(33)35/h3-13,17,27H,14-16,18H2,1-2H3,(H,31,36). The number of ether oxygens (including phenoxy) is 2. The zero-order valence-electron chi connectivity index (χ0n) is 21.1. The molecule has 198 valence electrons. The number of pyridine rings is 1. The van der Waals surface area contributed by atoms with Crippen molar-refractivity contribution in [2.75, 3.05) is 14.2 Å². The minimum atomic E-state index is -2.68. The number of rotatable bonds is 11. The van der Waals surface area contributed by atoms with Gasteiger partial charge in [0.15, 0.2) is 0 Å². The van der Waals surface area contributed by atoms with Gasteiger partial charge in [0.1, 0.15) is 11.4 Å². The normalized spacial score (nSPS) is 11.1. The van der Waals surface area contributed by atoms with Gasteiger partial charge in [-0.25, -0.2) is 8.78 Å². The van der Waals surface area contributed by atoms with Gasteiger partial charge in [-0.1, -0.05) is 30.3 Å². The molecule has 0 saturated carbocycles. The molecule has 4 aromatic rings. The molecule has 0 saturated heterocycles. The van der Waals surface area contributed by atoms with Gasteiger partial charge in [0.05, 0.1) is 32.4 Å². The summed E-state index contributed by atoms with van der Waals surface area (Å²) in [6.45, 7) is 0.882. The average molecular weight is 523 g/mol. The molecule has 0 aliphatic carbocycles. The van der Waals surface area contributed by atoms with Crippen LogP contribution in [0, 0.1) is 0 Å². The number of aromatic nitrogens is 3. The van der Waals surface area contributed by atoms with Gasteiger partial charge in [-0.15, -0.1) is 0 Å². The SMILES string of the molecule is COCc1nn(Cc2ccc(Cn3ccccc3=O)cc2)cc1C(=O)NCc1cc(OC)ccc1C(F)F. The zero-order valence-corrected chi connectivity index (χ0v) is 21.1. The fraction of sp³-hybridized carbons (Fsp3) is 0.250.